The van der Waals surface area contributed by atoms with E-state index in [1.165, 1.54) is 11.1 Å². The third-order valence-electron chi connectivity index (χ3n) is 3.19. The largest absolute Gasteiger partial charge is 0.423 e. The highest BCUT2D eigenvalue weighted by Gasteiger charge is 2.17. The van der Waals surface area contributed by atoms with Crippen molar-refractivity contribution in [1.82, 2.24) is 4.34 Å². The summed E-state index contributed by atoms with van der Waals surface area (Å²) < 4.78 is 14.1. The molecule has 0 saturated carbocycles. The van der Waals surface area contributed by atoms with Gasteiger partial charge in [-0.15, -0.1) is 0 Å². The van der Waals surface area contributed by atoms with Crippen LogP contribution in [-0.4, -0.2) is 4.34 Å². The minimum absolute atomic E-state index is 0.803. The predicted molar refractivity (Wildman–Crippen MR) is 90.4 cm³/mol. The molecule has 0 aliphatic rings. The molecule has 22 heavy (non-hydrogen) atoms. The van der Waals surface area contributed by atoms with Crippen LogP contribution in [0.15, 0.2) is 73.1 Å². The van der Waals surface area contributed by atoms with E-state index in [1.54, 1.807) is 0 Å². The van der Waals surface area contributed by atoms with Crippen molar-refractivity contribution in [2.45, 2.75) is 13.8 Å². The first kappa shape index (κ1) is 14.7. The molecule has 0 saturated heterocycles. The number of rotatable bonds is 5. The Hall–Kier alpha value is -2.25. The quantitative estimate of drug-likeness (QED) is 0.594. The topological polar surface area (TPSA) is 23.4 Å². The van der Waals surface area contributed by atoms with Crippen molar-refractivity contribution < 1.29 is 9.05 Å². The molecular formula is C18H18NO2P. The Morgan fingerprint density at radius 2 is 1.09 bits per heavy atom. The summed E-state index contributed by atoms with van der Waals surface area (Å²) in [6.45, 7) is 4.11. The number of hydrogen-bond acceptors (Lipinski definition) is 2. The smallest absolute Gasteiger partial charge is 0.421 e. The van der Waals surface area contributed by atoms with Gasteiger partial charge in [-0.2, -0.15) is 0 Å². The molecular weight excluding hydrogens is 293 g/mol. The molecule has 0 aliphatic carbocycles. The summed E-state index contributed by atoms with van der Waals surface area (Å²) in [6, 6.07) is 19.9. The number of aromatic nitrogens is 1. The molecule has 0 N–H and O–H groups in total. The Balaban J connectivity index is 1.81. The first-order chi connectivity index (χ1) is 10.7. The summed E-state index contributed by atoms with van der Waals surface area (Å²) in [6.07, 6.45) is 3.90. The summed E-state index contributed by atoms with van der Waals surface area (Å²) >= 11 is 0. The third-order valence-corrected chi connectivity index (χ3v) is 4.56. The first-order valence-electron chi connectivity index (χ1n) is 7.13. The molecule has 0 bridgehead atoms. The number of benzene rings is 2. The second-order valence-corrected chi connectivity index (χ2v) is 6.41. The molecule has 1 heterocycles. The third kappa shape index (κ3) is 3.69. The zero-order chi connectivity index (χ0) is 15.4. The maximum absolute atomic E-state index is 6.05. The standard InChI is InChI=1S/C18H18NO2P/c1-15-5-9-17(10-6-15)20-22(19-13-3-4-14-19)21-18-11-7-16(2)8-12-18/h3-14H,1-2H3. The van der Waals surface area contributed by atoms with Crippen LogP contribution in [0.5, 0.6) is 11.5 Å². The van der Waals surface area contributed by atoms with E-state index in [2.05, 4.69) is 13.8 Å². The van der Waals surface area contributed by atoms with Gasteiger partial charge in [0.25, 0.3) is 0 Å². The minimum atomic E-state index is -1.27. The summed E-state index contributed by atoms with van der Waals surface area (Å²) in [5.41, 5.74) is 2.41. The second kappa shape index (κ2) is 6.67. The Morgan fingerprint density at radius 1 is 0.682 bits per heavy atom. The van der Waals surface area contributed by atoms with Crippen LogP contribution in [0.1, 0.15) is 11.1 Å². The molecule has 1 aromatic heterocycles. The molecule has 4 heteroatoms. The molecule has 3 nitrogen and oxygen atoms in total. The van der Waals surface area contributed by atoms with E-state index in [9.17, 15) is 0 Å². The number of aryl methyl sites for hydroxylation is 2. The van der Waals surface area contributed by atoms with Crippen LogP contribution in [0.2, 0.25) is 0 Å². The van der Waals surface area contributed by atoms with E-state index in [0.717, 1.165) is 11.5 Å². The summed E-state index contributed by atoms with van der Waals surface area (Å²) in [5.74, 6) is 1.61. The summed E-state index contributed by atoms with van der Waals surface area (Å²) in [7, 11) is -1.27. The highest BCUT2D eigenvalue weighted by atomic mass is 31.2. The average Bonchev–Trinajstić information content (AvgIpc) is 3.05. The Bertz CT molecular complexity index is 658. The zero-order valence-electron chi connectivity index (χ0n) is 12.6. The molecule has 3 rings (SSSR count). The van der Waals surface area contributed by atoms with Crippen LogP contribution >= 0.6 is 8.53 Å². The molecule has 3 aromatic rings. The highest BCUT2D eigenvalue weighted by molar-refractivity contribution is 7.46. The lowest BCUT2D eigenvalue weighted by Gasteiger charge is -2.19. The van der Waals surface area contributed by atoms with Crippen molar-refractivity contribution in [3.05, 3.63) is 84.2 Å². The van der Waals surface area contributed by atoms with Gasteiger partial charge in [0.1, 0.15) is 11.5 Å². The van der Waals surface area contributed by atoms with Gasteiger partial charge in [-0.05, 0) is 50.2 Å². The van der Waals surface area contributed by atoms with Crippen molar-refractivity contribution in [2.24, 2.45) is 0 Å². The minimum Gasteiger partial charge on any atom is -0.423 e. The fourth-order valence-electron chi connectivity index (χ4n) is 1.93. The van der Waals surface area contributed by atoms with E-state index >= 15 is 0 Å². The Labute approximate surface area is 132 Å². The van der Waals surface area contributed by atoms with Crippen LogP contribution in [0.3, 0.4) is 0 Å². The molecule has 0 fully saturated rings. The molecule has 2 aromatic carbocycles. The van der Waals surface area contributed by atoms with Crippen molar-refractivity contribution in [2.75, 3.05) is 0 Å². The van der Waals surface area contributed by atoms with Crippen molar-refractivity contribution in [3.63, 3.8) is 0 Å². The van der Waals surface area contributed by atoms with Crippen molar-refractivity contribution in [1.29, 1.82) is 0 Å². The van der Waals surface area contributed by atoms with Gasteiger partial charge in [0, 0.05) is 12.4 Å². The lowest BCUT2D eigenvalue weighted by atomic mass is 10.2. The average molecular weight is 311 g/mol. The van der Waals surface area contributed by atoms with Gasteiger partial charge in [0.15, 0.2) is 0 Å². The van der Waals surface area contributed by atoms with E-state index in [0.29, 0.717) is 0 Å². The highest BCUT2D eigenvalue weighted by Crippen LogP contribution is 2.41. The Morgan fingerprint density at radius 3 is 1.50 bits per heavy atom. The van der Waals surface area contributed by atoms with Gasteiger partial charge < -0.3 is 9.05 Å². The molecule has 0 amide bonds. The van der Waals surface area contributed by atoms with Gasteiger partial charge in [0.05, 0.1) is 0 Å². The number of hydrogen-bond donors (Lipinski definition) is 0. The lowest BCUT2D eigenvalue weighted by Crippen LogP contribution is -2.02. The summed E-state index contributed by atoms with van der Waals surface area (Å²) in [5, 5.41) is 0. The van der Waals surface area contributed by atoms with Crippen LogP contribution in [0.25, 0.3) is 0 Å². The fraction of sp³-hybridized carbons (Fsp3) is 0.111. The molecule has 0 radical (unpaired) electrons. The second-order valence-electron chi connectivity index (χ2n) is 5.11. The van der Waals surface area contributed by atoms with Crippen molar-refractivity contribution >= 4 is 8.53 Å². The molecule has 0 unspecified atom stereocenters. The molecule has 112 valence electrons. The van der Waals surface area contributed by atoms with Gasteiger partial charge in [-0.1, -0.05) is 35.4 Å². The zero-order valence-corrected chi connectivity index (χ0v) is 13.5. The van der Waals surface area contributed by atoms with E-state index in [1.807, 2.05) is 77.4 Å². The van der Waals surface area contributed by atoms with E-state index in [4.69, 9.17) is 9.05 Å². The van der Waals surface area contributed by atoms with Crippen LogP contribution in [-0.2, 0) is 0 Å². The maximum Gasteiger partial charge on any atom is 0.421 e. The van der Waals surface area contributed by atoms with E-state index < -0.39 is 8.53 Å². The van der Waals surface area contributed by atoms with Gasteiger partial charge >= 0.3 is 8.53 Å². The fourth-order valence-corrected chi connectivity index (χ4v) is 3.13. The number of nitrogens with zero attached hydrogens (tertiary/aromatic N) is 1. The predicted octanol–water partition coefficient (Wildman–Crippen LogP) is 5.34. The lowest BCUT2D eigenvalue weighted by molar-refractivity contribution is 0.478. The molecule has 0 spiro atoms. The maximum atomic E-state index is 6.05. The molecule has 0 atom stereocenters. The van der Waals surface area contributed by atoms with E-state index in [-0.39, 0.29) is 0 Å². The monoisotopic (exact) mass is 311 g/mol. The van der Waals surface area contributed by atoms with Gasteiger partial charge in [0.2, 0.25) is 0 Å². The van der Waals surface area contributed by atoms with Crippen LogP contribution in [0.4, 0.5) is 0 Å². The normalized spacial score (nSPS) is 10.7. The SMILES string of the molecule is Cc1ccc(OP(Oc2ccc(C)cc2)n2cccc2)cc1. The van der Waals surface area contributed by atoms with Gasteiger partial charge in [-0.25, -0.2) is 0 Å². The van der Waals surface area contributed by atoms with Crippen LogP contribution in [0, 0.1) is 13.8 Å². The molecule has 0 aliphatic heterocycles. The Kier molecular flexibility index (Phi) is 4.45. The van der Waals surface area contributed by atoms with Crippen LogP contribution < -0.4 is 9.05 Å². The van der Waals surface area contributed by atoms with Gasteiger partial charge in [-0.3, -0.25) is 4.34 Å². The van der Waals surface area contributed by atoms with Crippen molar-refractivity contribution in [3.8, 4) is 11.5 Å². The summed E-state index contributed by atoms with van der Waals surface area (Å²) in [4.78, 5) is 0. The first-order valence-corrected chi connectivity index (χ1v) is 8.26.